The van der Waals surface area contributed by atoms with Gasteiger partial charge in [-0.3, -0.25) is 9.88 Å². The van der Waals surface area contributed by atoms with E-state index in [2.05, 4.69) is 46.2 Å². The van der Waals surface area contributed by atoms with Crippen molar-refractivity contribution in [3.63, 3.8) is 0 Å². The van der Waals surface area contributed by atoms with Gasteiger partial charge >= 0.3 is 6.01 Å². The summed E-state index contributed by atoms with van der Waals surface area (Å²) in [6, 6.07) is 7.20. The fourth-order valence-corrected chi connectivity index (χ4v) is 8.38. The van der Waals surface area contributed by atoms with Crippen molar-refractivity contribution in [2.45, 2.75) is 63.1 Å². The van der Waals surface area contributed by atoms with E-state index in [0.717, 1.165) is 89.0 Å². The van der Waals surface area contributed by atoms with E-state index in [-0.39, 0.29) is 17.1 Å². The number of aryl methyl sites for hydroxylation is 1. The number of rotatable bonds is 6. The molecule has 8 rings (SSSR count). The van der Waals surface area contributed by atoms with Gasteiger partial charge in [0.15, 0.2) is 5.82 Å². The predicted octanol–water partition coefficient (Wildman–Crippen LogP) is 4.88. The number of halogens is 1. The quantitative estimate of drug-likeness (QED) is 0.413. The van der Waals surface area contributed by atoms with Gasteiger partial charge in [-0.05, 0) is 51.0 Å². The molecule has 43 heavy (non-hydrogen) atoms. The first-order valence-corrected chi connectivity index (χ1v) is 15.9. The van der Waals surface area contributed by atoms with E-state index < -0.39 is 5.82 Å². The van der Waals surface area contributed by atoms with Crippen LogP contribution in [0.4, 0.5) is 15.9 Å². The normalized spacial score (nSPS) is 24.6. The molecular weight excluding hydrogens is 541 g/mol. The van der Waals surface area contributed by atoms with Crippen molar-refractivity contribution in [1.29, 1.82) is 0 Å². The van der Waals surface area contributed by atoms with E-state index in [1.165, 1.54) is 16.7 Å². The molecule has 3 aromatic rings. The number of anilines is 2. The molecule has 0 spiro atoms. The van der Waals surface area contributed by atoms with Crippen molar-refractivity contribution in [3.8, 4) is 17.3 Å². The topological polar surface area (TPSA) is 69.7 Å². The minimum atomic E-state index is -0.414. The number of aromatic nitrogens is 3. The van der Waals surface area contributed by atoms with E-state index in [1.807, 2.05) is 12.1 Å². The van der Waals surface area contributed by atoms with Crippen LogP contribution in [-0.2, 0) is 6.42 Å². The first-order valence-electron chi connectivity index (χ1n) is 15.9. The highest BCUT2D eigenvalue weighted by Gasteiger charge is 2.48. The zero-order chi connectivity index (χ0) is 29.3. The summed E-state index contributed by atoms with van der Waals surface area (Å²) in [7, 11) is 0. The van der Waals surface area contributed by atoms with Gasteiger partial charge in [0.05, 0.1) is 10.9 Å². The lowest BCUT2D eigenvalue weighted by molar-refractivity contribution is 0.108. The molecule has 4 saturated heterocycles. The summed E-state index contributed by atoms with van der Waals surface area (Å²) in [5.74, 6) is 0.296. The van der Waals surface area contributed by atoms with Crippen molar-refractivity contribution in [2.75, 3.05) is 55.7 Å². The third kappa shape index (κ3) is 4.51. The first-order chi connectivity index (χ1) is 20.9. The molecule has 1 N–H and O–H groups in total. The van der Waals surface area contributed by atoms with E-state index in [1.54, 1.807) is 6.20 Å². The number of para-hydroxylation sites is 1. The highest BCUT2D eigenvalue weighted by Crippen LogP contribution is 2.44. The summed E-state index contributed by atoms with van der Waals surface area (Å²) < 4.78 is 23.3. The number of pyridine rings is 1. The number of fused-ring (bicyclic) bond motifs is 5. The summed E-state index contributed by atoms with van der Waals surface area (Å²) in [6.45, 7) is 16.3. The lowest BCUT2D eigenvalue weighted by atomic mass is 9.92. The Morgan fingerprint density at radius 3 is 2.60 bits per heavy atom. The highest BCUT2D eigenvalue weighted by molar-refractivity contribution is 5.93. The van der Waals surface area contributed by atoms with Crippen LogP contribution in [0.15, 0.2) is 48.7 Å². The van der Waals surface area contributed by atoms with Gasteiger partial charge in [-0.1, -0.05) is 42.5 Å². The molecule has 2 aromatic heterocycles. The maximum absolute atomic E-state index is 16.8. The Morgan fingerprint density at radius 2 is 1.86 bits per heavy atom. The average Bonchev–Trinajstić information content (AvgIpc) is 3.61. The minimum absolute atomic E-state index is 0.185. The molecule has 5 aliphatic heterocycles. The Morgan fingerprint density at radius 1 is 1.09 bits per heavy atom. The first kappa shape index (κ1) is 27.0. The van der Waals surface area contributed by atoms with Crippen LogP contribution in [0, 0.1) is 5.82 Å². The van der Waals surface area contributed by atoms with Crippen LogP contribution in [-0.4, -0.2) is 83.3 Å². The van der Waals surface area contributed by atoms with Crippen LogP contribution in [0.3, 0.4) is 0 Å². The van der Waals surface area contributed by atoms with Crippen LogP contribution < -0.4 is 19.9 Å². The van der Waals surface area contributed by atoms with E-state index in [9.17, 15) is 0 Å². The fourth-order valence-electron chi connectivity index (χ4n) is 8.38. The molecule has 224 valence electrons. The molecule has 7 heterocycles. The van der Waals surface area contributed by atoms with Crippen molar-refractivity contribution >= 4 is 22.4 Å². The van der Waals surface area contributed by atoms with Crippen molar-refractivity contribution < 1.29 is 9.13 Å². The fraction of sp³-hybridized carbons (Fsp3) is 0.500. The van der Waals surface area contributed by atoms with Gasteiger partial charge < -0.3 is 19.9 Å². The summed E-state index contributed by atoms with van der Waals surface area (Å²) in [5.41, 5.74) is 6.00. The Labute approximate surface area is 252 Å². The van der Waals surface area contributed by atoms with E-state index in [4.69, 9.17) is 19.7 Å². The summed E-state index contributed by atoms with van der Waals surface area (Å²) >= 11 is 0. The molecule has 5 aliphatic rings. The summed E-state index contributed by atoms with van der Waals surface area (Å²) in [5, 5.41) is 4.33. The van der Waals surface area contributed by atoms with Gasteiger partial charge in [0.25, 0.3) is 0 Å². The molecule has 1 aromatic carbocycles. The maximum Gasteiger partial charge on any atom is 0.319 e. The molecule has 2 bridgehead atoms. The third-order valence-corrected chi connectivity index (χ3v) is 10.2. The maximum atomic E-state index is 16.8. The SMILES string of the molecule is C=C1CN2CC(=C)CC2(COc2nc(N3C[C@H]4CC[C@@H](C3)N4)c3cnc(-c4cccc5c4N(CC)CCC5)c(F)c3n2)C1. The number of hydrogen-bond donors (Lipinski definition) is 1. The van der Waals surface area contributed by atoms with Crippen LogP contribution in [0.25, 0.3) is 22.2 Å². The molecule has 0 unspecified atom stereocenters. The smallest absolute Gasteiger partial charge is 0.319 e. The Bertz CT molecular complexity index is 1610. The number of nitrogens with zero attached hydrogens (tertiary/aromatic N) is 6. The summed E-state index contributed by atoms with van der Waals surface area (Å²) in [4.78, 5) is 21.5. The average molecular weight is 582 g/mol. The van der Waals surface area contributed by atoms with E-state index >= 15 is 4.39 Å². The second-order valence-corrected chi connectivity index (χ2v) is 13.3. The predicted molar refractivity (Wildman–Crippen MR) is 168 cm³/mol. The van der Waals surface area contributed by atoms with Gasteiger partial charge in [-0.15, -0.1) is 0 Å². The van der Waals surface area contributed by atoms with Gasteiger partial charge in [0, 0.05) is 68.8 Å². The molecule has 8 nitrogen and oxygen atoms in total. The number of hydrogen-bond acceptors (Lipinski definition) is 8. The lowest BCUT2D eigenvalue weighted by Crippen LogP contribution is -2.51. The Kier molecular flexibility index (Phi) is 6.45. The second-order valence-electron chi connectivity index (χ2n) is 13.3. The zero-order valence-corrected chi connectivity index (χ0v) is 25.0. The third-order valence-electron chi connectivity index (χ3n) is 10.2. The van der Waals surface area contributed by atoms with Crippen LogP contribution in [0.1, 0.15) is 44.6 Å². The highest BCUT2D eigenvalue weighted by atomic mass is 19.1. The van der Waals surface area contributed by atoms with Gasteiger partial charge in [-0.2, -0.15) is 9.97 Å². The lowest BCUT2D eigenvalue weighted by Gasteiger charge is -2.34. The molecule has 0 radical (unpaired) electrons. The van der Waals surface area contributed by atoms with Crippen molar-refractivity contribution in [2.24, 2.45) is 0 Å². The molecule has 4 fully saturated rings. The molecule has 2 atom stereocenters. The number of benzene rings is 1. The molecule has 0 saturated carbocycles. The van der Waals surface area contributed by atoms with Gasteiger partial charge in [0.1, 0.15) is 23.6 Å². The monoisotopic (exact) mass is 581 g/mol. The number of nitrogens with one attached hydrogen (secondary N) is 1. The molecule has 9 heteroatoms. The molecular formula is C34H40FN7O. The largest absolute Gasteiger partial charge is 0.461 e. The van der Waals surface area contributed by atoms with Gasteiger partial charge in [-0.25, -0.2) is 4.39 Å². The van der Waals surface area contributed by atoms with Crippen molar-refractivity contribution in [3.05, 3.63) is 60.1 Å². The Hall–Kier alpha value is -3.56. The van der Waals surface area contributed by atoms with Crippen LogP contribution >= 0.6 is 0 Å². The molecule has 0 amide bonds. The van der Waals surface area contributed by atoms with Gasteiger partial charge in [0.2, 0.25) is 0 Å². The number of piperazine rings is 1. The second kappa shape index (κ2) is 10.3. The van der Waals surface area contributed by atoms with Crippen molar-refractivity contribution in [1.82, 2.24) is 25.2 Å². The minimum Gasteiger partial charge on any atom is -0.461 e. The van der Waals surface area contributed by atoms with E-state index in [0.29, 0.717) is 35.6 Å². The number of ether oxygens (including phenoxy) is 1. The Balaban J connectivity index is 1.23. The van der Waals surface area contributed by atoms with Crippen LogP contribution in [0.2, 0.25) is 0 Å². The zero-order valence-electron chi connectivity index (χ0n) is 25.0. The van der Waals surface area contributed by atoms with Crippen LogP contribution in [0.5, 0.6) is 6.01 Å². The molecule has 0 aliphatic carbocycles. The summed E-state index contributed by atoms with van der Waals surface area (Å²) in [6.07, 6.45) is 7.88. The standard InChI is InChI=1S/C34H40FN7O/c1-4-40-12-6-8-23-7-5-9-26(31(23)40)29-28(35)30-27(15-36-29)32(41-18-24-10-11-25(19-41)37-24)39-33(38-30)43-20-34-13-21(2)16-42(34)17-22(3)14-34/h5,7,9,15,24-25,37H,2-4,6,8,10-14,16-20H2,1H3/t24-,25+.